The molecular weight excluding hydrogens is 448 g/mol. The second-order valence-corrected chi connectivity index (χ2v) is 9.52. The van der Waals surface area contributed by atoms with Crippen LogP contribution in [-0.2, 0) is 16.6 Å². The number of nitrogens with zero attached hydrogens (tertiary/aromatic N) is 1. The van der Waals surface area contributed by atoms with Crippen molar-refractivity contribution < 1.29 is 13.2 Å². The predicted octanol–water partition coefficient (Wildman–Crippen LogP) is 4.19. The fraction of sp³-hybridized carbons (Fsp3) is 0.261. The van der Waals surface area contributed by atoms with E-state index in [4.69, 9.17) is 5.73 Å². The molecule has 0 saturated heterocycles. The molecule has 1 fully saturated rings. The number of amides is 2. The number of hydrazine groups is 1. The molecule has 3 aromatic rings. The number of benzene rings is 3. The number of fused-ring (bicyclic) bond motifs is 1. The number of hydrogen-bond acceptors (Lipinski definition) is 4. The third-order valence-corrected chi connectivity index (χ3v) is 6.85. The van der Waals surface area contributed by atoms with E-state index in [9.17, 15) is 13.2 Å². The standard InChI is InChI=1S/C23H26N4O3S.ClH/c24-20-12-9-17(10-13-20)16-27(23(28)25-21-7-3-4-8-21)26-31(29,30)22-14-11-18-5-1-2-6-19(18)15-22;/h1-2,5-6,9-15,21,26H,3-4,7-8,16,24H2,(H,25,28);1H. The Morgan fingerprint density at radius 3 is 2.31 bits per heavy atom. The molecule has 0 atom stereocenters. The highest BCUT2D eigenvalue weighted by molar-refractivity contribution is 7.89. The van der Waals surface area contributed by atoms with Crippen LogP contribution in [0.15, 0.2) is 71.6 Å². The SMILES string of the molecule is Cl.Nc1ccc(CN(NS(=O)(=O)c2ccc3ccccc3c2)C(=O)NC2CCCC2)cc1. The Morgan fingerprint density at radius 1 is 0.969 bits per heavy atom. The minimum Gasteiger partial charge on any atom is -0.399 e. The van der Waals surface area contributed by atoms with Crippen molar-refractivity contribution in [3.05, 3.63) is 72.3 Å². The number of sulfonamides is 1. The number of rotatable bonds is 6. The molecule has 4 rings (SSSR count). The van der Waals surface area contributed by atoms with E-state index in [-0.39, 0.29) is 29.9 Å². The lowest BCUT2D eigenvalue weighted by Gasteiger charge is -2.25. The van der Waals surface area contributed by atoms with Crippen LogP contribution in [0.4, 0.5) is 10.5 Å². The Morgan fingerprint density at radius 2 is 1.62 bits per heavy atom. The van der Waals surface area contributed by atoms with Gasteiger partial charge in [-0.25, -0.2) is 18.2 Å². The molecule has 9 heteroatoms. The highest BCUT2D eigenvalue weighted by atomic mass is 35.5. The number of nitrogens with two attached hydrogens (primary N) is 1. The summed E-state index contributed by atoms with van der Waals surface area (Å²) >= 11 is 0. The maximum Gasteiger partial charge on any atom is 0.333 e. The van der Waals surface area contributed by atoms with Crippen molar-refractivity contribution in [2.45, 2.75) is 43.2 Å². The van der Waals surface area contributed by atoms with Gasteiger partial charge in [-0.05, 0) is 53.4 Å². The highest BCUT2D eigenvalue weighted by Crippen LogP contribution is 2.21. The van der Waals surface area contributed by atoms with Crippen molar-refractivity contribution in [1.29, 1.82) is 0 Å². The van der Waals surface area contributed by atoms with E-state index in [2.05, 4.69) is 10.1 Å². The number of urea groups is 1. The van der Waals surface area contributed by atoms with E-state index in [1.54, 1.807) is 42.5 Å². The van der Waals surface area contributed by atoms with E-state index in [0.717, 1.165) is 47.0 Å². The number of carbonyl (C=O) groups excluding carboxylic acids is 1. The van der Waals surface area contributed by atoms with Crippen molar-refractivity contribution in [1.82, 2.24) is 15.2 Å². The summed E-state index contributed by atoms with van der Waals surface area (Å²) in [7, 11) is -3.97. The molecule has 1 saturated carbocycles. The second-order valence-electron chi connectivity index (χ2n) is 7.86. The molecule has 170 valence electrons. The molecule has 7 nitrogen and oxygen atoms in total. The van der Waals surface area contributed by atoms with Crippen LogP contribution < -0.4 is 15.9 Å². The van der Waals surface area contributed by atoms with Crippen LogP contribution in [0.3, 0.4) is 0 Å². The quantitative estimate of drug-likeness (QED) is 0.368. The summed E-state index contributed by atoms with van der Waals surface area (Å²) < 4.78 is 26.2. The highest BCUT2D eigenvalue weighted by Gasteiger charge is 2.26. The minimum atomic E-state index is -3.97. The van der Waals surface area contributed by atoms with E-state index in [1.807, 2.05) is 24.3 Å². The summed E-state index contributed by atoms with van der Waals surface area (Å²) in [5, 5.41) is 5.82. The molecule has 0 spiro atoms. The lowest BCUT2D eigenvalue weighted by Crippen LogP contribution is -2.51. The Kier molecular flexibility index (Phi) is 7.60. The third-order valence-electron chi connectivity index (χ3n) is 5.51. The minimum absolute atomic E-state index is 0. The van der Waals surface area contributed by atoms with Gasteiger partial charge in [-0.1, -0.05) is 55.3 Å². The van der Waals surface area contributed by atoms with Gasteiger partial charge in [0, 0.05) is 11.7 Å². The van der Waals surface area contributed by atoms with Crippen LogP contribution in [0, 0.1) is 0 Å². The molecule has 1 aliphatic rings. The smallest absolute Gasteiger partial charge is 0.333 e. The first kappa shape index (κ1) is 23.8. The first-order valence-electron chi connectivity index (χ1n) is 10.3. The first-order valence-corrected chi connectivity index (χ1v) is 11.8. The Balaban J connectivity index is 0.00000289. The summed E-state index contributed by atoms with van der Waals surface area (Å²) in [6.07, 6.45) is 3.93. The van der Waals surface area contributed by atoms with Gasteiger partial charge in [-0.2, -0.15) is 0 Å². The van der Waals surface area contributed by atoms with Crippen molar-refractivity contribution in [3.8, 4) is 0 Å². The van der Waals surface area contributed by atoms with Gasteiger partial charge in [0.1, 0.15) is 0 Å². The van der Waals surface area contributed by atoms with Crippen LogP contribution in [0.25, 0.3) is 10.8 Å². The average Bonchev–Trinajstić information content (AvgIpc) is 3.27. The van der Waals surface area contributed by atoms with Gasteiger partial charge in [0.2, 0.25) is 0 Å². The zero-order valence-corrected chi connectivity index (χ0v) is 19.2. The van der Waals surface area contributed by atoms with Gasteiger partial charge in [-0.15, -0.1) is 17.2 Å². The van der Waals surface area contributed by atoms with Gasteiger partial charge < -0.3 is 11.1 Å². The van der Waals surface area contributed by atoms with E-state index >= 15 is 0 Å². The maximum atomic E-state index is 13.1. The molecule has 32 heavy (non-hydrogen) atoms. The van der Waals surface area contributed by atoms with Gasteiger partial charge in [-0.3, -0.25) is 0 Å². The Hall–Kier alpha value is -2.81. The summed E-state index contributed by atoms with van der Waals surface area (Å²) in [6.45, 7) is 0.0750. The van der Waals surface area contributed by atoms with Gasteiger partial charge in [0.25, 0.3) is 10.0 Å². The number of nitrogens with one attached hydrogen (secondary N) is 2. The molecule has 0 unspecified atom stereocenters. The Bertz CT molecular complexity index is 1180. The third kappa shape index (κ3) is 5.70. The number of carbonyl (C=O) groups is 1. The monoisotopic (exact) mass is 474 g/mol. The zero-order chi connectivity index (χ0) is 21.8. The molecule has 0 radical (unpaired) electrons. The van der Waals surface area contributed by atoms with E-state index in [0.29, 0.717) is 5.69 Å². The van der Waals surface area contributed by atoms with Crippen molar-refractivity contribution in [3.63, 3.8) is 0 Å². The van der Waals surface area contributed by atoms with Gasteiger partial charge in [0.05, 0.1) is 11.4 Å². The molecule has 4 N–H and O–H groups in total. The van der Waals surface area contributed by atoms with E-state index in [1.165, 1.54) is 0 Å². The fourth-order valence-electron chi connectivity index (χ4n) is 3.81. The predicted molar refractivity (Wildman–Crippen MR) is 129 cm³/mol. The van der Waals surface area contributed by atoms with Crippen LogP contribution in [0.5, 0.6) is 0 Å². The van der Waals surface area contributed by atoms with Crippen molar-refractivity contribution >= 4 is 44.9 Å². The lowest BCUT2D eigenvalue weighted by molar-refractivity contribution is 0.181. The molecule has 3 aromatic carbocycles. The number of halogens is 1. The van der Waals surface area contributed by atoms with Crippen LogP contribution >= 0.6 is 12.4 Å². The largest absolute Gasteiger partial charge is 0.399 e. The van der Waals surface area contributed by atoms with Crippen LogP contribution in [0.1, 0.15) is 31.2 Å². The molecule has 0 heterocycles. The fourth-order valence-corrected chi connectivity index (χ4v) is 4.88. The second kappa shape index (κ2) is 10.2. The van der Waals surface area contributed by atoms with Gasteiger partial charge >= 0.3 is 6.03 Å². The first-order chi connectivity index (χ1) is 14.9. The molecule has 0 aromatic heterocycles. The summed E-state index contributed by atoms with van der Waals surface area (Å²) in [5.74, 6) is 0. The summed E-state index contributed by atoms with van der Waals surface area (Å²) in [5.41, 5.74) is 7.11. The van der Waals surface area contributed by atoms with E-state index < -0.39 is 16.1 Å². The molecule has 2 amide bonds. The van der Waals surface area contributed by atoms with Crippen LogP contribution in [0.2, 0.25) is 0 Å². The number of hydrogen-bond donors (Lipinski definition) is 3. The lowest BCUT2D eigenvalue weighted by atomic mass is 10.1. The maximum absolute atomic E-state index is 13.1. The summed E-state index contributed by atoms with van der Waals surface area (Å²) in [6, 6.07) is 19.0. The zero-order valence-electron chi connectivity index (χ0n) is 17.5. The molecule has 0 bridgehead atoms. The summed E-state index contributed by atoms with van der Waals surface area (Å²) in [4.78, 5) is 15.5. The van der Waals surface area contributed by atoms with Crippen molar-refractivity contribution in [2.24, 2.45) is 0 Å². The average molecular weight is 475 g/mol. The number of nitrogen functional groups attached to an aromatic ring is 1. The Labute approximate surface area is 194 Å². The van der Waals surface area contributed by atoms with Gasteiger partial charge in [0.15, 0.2) is 0 Å². The number of anilines is 1. The molecule has 0 aliphatic heterocycles. The molecular formula is C23H27ClN4O3S. The topological polar surface area (TPSA) is 105 Å². The molecule has 1 aliphatic carbocycles. The van der Waals surface area contributed by atoms with Crippen molar-refractivity contribution in [2.75, 3.05) is 5.73 Å². The normalized spacial score (nSPS) is 14.1. The van der Waals surface area contributed by atoms with Crippen LogP contribution in [-0.4, -0.2) is 25.5 Å².